The van der Waals surface area contributed by atoms with Gasteiger partial charge in [0.25, 0.3) is 5.19 Å². The van der Waals surface area contributed by atoms with Gasteiger partial charge in [-0.05, 0) is 56.0 Å². The van der Waals surface area contributed by atoms with Crippen molar-refractivity contribution < 1.29 is 33.7 Å². The van der Waals surface area contributed by atoms with Gasteiger partial charge in [0.05, 0.1) is 31.0 Å². The standard InChI is InChI=1S/C33H38N4O7S/c1-42-22-11-8-10-21(15-22)34-26-12-7-5-3-4-6-9-20-18-33(20,31(40)41)36-29(38)27-16-24(19-37(27)30(26)39)44-32-35-25-14-13-23(43-2)17-28(25)45-32/h6,8-11,13-15,17,20,24,26-27,34H,3-5,7,12,16,18-19H2,1-2H3,(H,36,38)(H,40,41)/b9-6-/t20-,24+,26-,27-,33+/m0/s1. The van der Waals surface area contributed by atoms with Gasteiger partial charge in [0.2, 0.25) is 11.8 Å². The molecular formula is C33H38N4O7S. The first-order chi connectivity index (χ1) is 21.8. The molecule has 1 saturated carbocycles. The molecule has 0 radical (unpaired) electrons. The predicted molar refractivity (Wildman–Crippen MR) is 170 cm³/mol. The van der Waals surface area contributed by atoms with Crippen LogP contribution in [0.3, 0.4) is 0 Å². The Morgan fingerprint density at radius 2 is 1.93 bits per heavy atom. The molecule has 0 spiro atoms. The second-order valence-corrected chi connectivity index (χ2v) is 12.9. The molecule has 0 unspecified atom stereocenters. The van der Waals surface area contributed by atoms with Crippen LogP contribution in [-0.2, 0) is 14.4 Å². The lowest BCUT2D eigenvalue weighted by atomic mass is 10.0. The third-order valence-electron chi connectivity index (χ3n) is 8.88. The van der Waals surface area contributed by atoms with E-state index in [4.69, 9.17) is 14.2 Å². The van der Waals surface area contributed by atoms with Gasteiger partial charge < -0.3 is 34.9 Å². The van der Waals surface area contributed by atoms with E-state index in [1.807, 2.05) is 54.6 Å². The van der Waals surface area contributed by atoms with Crippen LogP contribution in [0.1, 0.15) is 44.9 Å². The first-order valence-electron chi connectivity index (χ1n) is 15.3. The molecule has 3 aliphatic rings. The highest BCUT2D eigenvalue weighted by Gasteiger charge is 2.61. The molecule has 3 N–H and O–H groups in total. The Kier molecular flexibility index (Phi) is 8.84. The molecule has 2 amide bonds. The molecule has 0 bridgehead atoms. The van der Waals surface area contributed by atoms with E-state index in [0.29, 0.717) is 29.5 Å². The van der Waals surface area contributed by atoms with E-state index in [2.05, 4.69) is 15.6 Å². The van der Waals surface area contributed by atoms with Crippen molar-refractivity contribution in [2.45, 2.75) is 68.7 Å². The van der Waals surface area contributed by atoms with E-state index in [9.17, 15) is 19.5 Å². The maximum absolute atomic E-state index is 14.3. The van der Waals surface area contributed by atoms with Crippen molar-refractivity contribution in [1.82, 2.24) is 15.2 Å². The number of benzene rings is 2. The number of thiazole rings is 1. The van der Waals surface area contributed by atoms with Gasteiger partial charge in [-0.3, -0.25) is 9.59 Å². The number of fused-ring (bicyclic) bond motifs is 3. The fourth-order valence-electron chi connectivity index (χ4n) is 6.26. The average molecular weight is 635 g/mol. The van der Waals surface area contributed by atoms with Crippen LogP contribution >= 0.6 is 11.3 Å². The number of amides is 2. The smallest absolute Gasteiger partial charge is 0.330 e. The minimum Gasteiger partial charge on any atom is -0.497 e. The van der Waals surface area contributed by atoms with E-state index in [0.717, 1.165) is 41.6 Å². The zero-order valence-electron chi connectivity index (χ0n) is 25.4. The fourth-order valence-corrected chi connectivity index (χ4v) is 7.17. The summed E-state index contributed by atoms with van der Waals surface area (Å²) in [6.07, 6.45) is 7.96. The molecule has 11 nitrogen and oxygen atoms in total. The number of aliphatic carboxylic acids is 1. The number of carboxylic acid groups (broad SMARTS) is 1. The van der Waals surface area contributed by atoms with E-state index >= 15 is 0 Å². The molecular weight excluding hydrogens is 596 g/mol. The number of carboxylic acids is 1. The molecule has 238 valence electrons. The Morgan fingerprint density at radius 3 is 2.73 bits per heavy atom. The zero-order chi connectivity index (χ0) is 31.6. The topological polar surface area (TPSA) is 139 Å². The minimum atomic E-state index is -1.37. The molecule has 1 aliphatic carbocycles. The third kappa shape index (κ3) is 6.56. The number of aromatic nitrogens is 1. The SMILES string of the molecule is COc1cccc(N[C@H]2CCCCC/C=C\[C@H]3C[C@@]3(C(=O)O)NC(=O)[C@@H]3C[C@@H](Oc4nc5ccc(OC)cc5s4)CN3C2=O)c1. The molecule has 5 atom stereocenters. The molecule has 2 aromatic carbocycles. The summed E-state index contributed by atoms with van der Waals surface area (Å²) in [5, 5.41) is 16.8. The van der Waals surface area contributed by atoms with Crippen molar-refractivity contribution in [3.63, 3.8) is 0 Å². The number of methoxy groups -OCH3 is 2. The molecule has 1 aromatic heterocycles. The quantitative estimate of drug-likeness (QED) is 0.318. The first-order valence-corrected chi connectivity index (χ1v) is 16.2. The van der Waals surface area contributed by atoms with Crippen LogP contribution in [0.2, 0.25) is 0 Å². The fraction of sp³-hybridized carbons (Fsp3) is 0.455. The summed E-state index contributed by atoms with van der Waals surface area (Å²) in [5.74, 6) is -0.707. The largest absolute Gasteiger partial charge is 0.497 e. The lowest BCUT2D eigenvalue weighted by Crippen LogP contribution is -2.55. The van der Waals surface area contributed by atoms with E-state index in [1.165, 1.54) is 11.3 Å². The van der Waals surface area contributed by atoms with E-state index < -0.39 is 35.6 Å². The molecule has 12 heteroatoms. The second kappa shape index (κ2) is 13.0. The number of ether oxygens (including phenoxy) is 3. The molecule has 3 heterocycles. The summed E-state index contributed by atoms with van der Waals surface area (Å²) in [5.41, 5.74) is 0.125. The van der Waals surface area contributed by atoms with Crippen molar-refractivity contribution >= 4 is 45.0 Å². The molecule has 2 aliphatic heterocycles. The van der Waals surface area contributed by atoms with Gasteiger partial charge in [0, 0.05) is 24.1 Å². The highest BCUT2D eigenvalue weighted by atomic mass is 32.1. The Labute approximate surface area is 265 Å². The van der Waals surface area contributed by atoms with Crippen LogP contribution in [0.25, 0.3) is 10.2 Å². The molecule has 45 heavy (non-hydrogen) atoms. The summed E-state index contributed by atoms with van der Waals surface area (Å²) in [6.45, 7) is 0.163. The molecule has 2 fully saturated rings. The number of hydrogen-bond donors (Lipinski definition) is 3. The molecule has 6 rings (SSSR count). The highest BCUT2D eigenvalue weighted by molar-refractivity contribution is 7.20. The van der Waals surface area contributed by atoms with Gasteiger partial charge >= 0.3 is 5.97 Å². The predicted octanol–water partition coefficient (Wildman–Crippen LogP) is 4.62. The maximum Gasteiger partial charge on any atom is 0.330 e. The summed E-state index contributed by atoms with van der Waals surface area (Å²) >= 11 is 1.36. The van der Waals surface area contributed by atoms with Crippen LogP contribution in [0.15, 0.2) is 54.6 Å². The lowest BCUT2D eigenvalue weighted by Gasteiger charge is -2.30. The van der Waals surface area contributed by atoms with Crippen molar-refractivity contribution in [1.29, 1.82) is 0 Å². The van der Waals surface area contributed by atoms with Crippen molar-refractivity contribution in [3.05, 3.63) is 54.6 Å². The van der Waals surface area contributed by atoms with Crippen molar-refractivity contribution in [3.8, 4) is 16.7 Å². The van der Waals surface area contributed by atoms with E-state index in [1.54, 1.807) is 19.1 Å². The normalized spacial score (nSPS) is 27.7. The number of carbonyl (C=O) groups is 3. The van der Waals surface area contributed by atoms with Gasteiger partial charge in [-0.2, -0.15) is 0 Å². The maximum atomic E-state index is 14.3. The monoisotopic (exact) mass is 634 g/mol. The van der Waals surface area contributed by atoms with Gasteiger partial charge in [-0.1, -0.05) is 42.4 Å². The Bertz CT molecular complexity index is 1610. The van der Waals surface area contributed by atoms with Crippen molar-refractivity contribution in [2.75, 3.05) is 26.1 Å². The van der Waals surface area contributed by atoms with Gasteiger partial charge in [0.15, 0.2) is 0 Å². The summed E-state index contributed by atoms with van der Waals surface area (Å²) in [7, 11) is 3.19. The van der Waals surface area contributed by atoms with E-state index in [-0.39, 0.29) is 24.8 Å². The average Bonchev–Trinajstić information content (AvgIpc) is 3.35. The zero-order valence-corrected chi connectivity index (χ0v) is 26.2. The molecule has 3 aromatic rings. The number of carbonyl (C=O) groups excluding carboxylic acids is 2. The lowest BCUT2D eigenvalue weighted by molar-refractivity contribution is -0.145. The summed E-state index contributed by atoms with van der Waals surface area (Å²) in [4.78, 5) is 46.7. The van der Waals surface area contributed by atoms with Crippen molar-refractivity contribution in [2.24, 2.45) is 5.92 Å². The summed E-state index contributed by atoms with van der Waals surface area (Å²) in [6, 6.07) is 11.5. The number of nitrogens with one attached hydrogen (secondary N) is 2. The Morgan fingerprint density at radius 1 is 1.11 bits per heavy atom. The Balaban J connectivity index is 1.29. The number of anilines is 1. The second-order valence-electron chi connectivity index (χ2n) is 11.9. The summed E-state index contributed by atoms with van der Waals surface area (Å²) < 4.78 is 17.9. The number of allylic oxidation sites excluding steroid dienone is 1. The third-order valence-corrected chi connectivity index (χ3v) is 9.78. The van der Waals surface area contributed by atoms with Crippen LogP contribution in [0.5, 0.6) is 16.7 Å². The number of hydrogen-bond acceptors (Lipinski definition) is 9. The number of nitrogens with zero attached hydrogens (tertiary/aromatic N) is 2. The first kappa shape index (κ1) is 30.7. The van der Waals surface area contributed by atoms with Crippen LogP contribution in [0, 0.1) is 5.92 Å². The number of rotatable bonds is 7. The Hall–Kier alpha value is -4.32. The van der Waals surface area contributed by atoms with Crippen LogP contribution in [-0.4, -0.2) is 77.3 Å². The van der Waals surface area contributed by atoms with Gasteiger partial charge in [-0.25, -0.2) is 9.78 Å². The molecule has 1 saturated heterocycles. The minimum absolute atomic E-state index is 0.163. The highest BCUT2D eigenvalue weighted by Crippen LogP contribution is 2.45. The van der Waals surface area contributed by atoms with Crippen LogP contribution in [0.4, 0.5) is 5.69 Å². The van der Waals surface area contributed by atoms with Crippen LogP contribution < -0.4 is 24.8 Å². The van der Waals surface area contributed by atoms with Gasteiger partial charge in [-0.15, -0.1) is 0 Å². The van der Waals surface area contributed by atoms with Gasteiger partial charge in [0.1, 0.15) is 35.2 Å².